The average molecular weight is 225 g/mol. The molecule has 0 atom stereocenters. The van der Waals surface area contributed by atoms with Gasteiger partial charge in [0.25, 0.3) is 0 Å². The van der Waals surface area contributed by atoms with Crippen molar-refractivity contribution in [2.75, 3.05) is 0 Å². The summed E-state index contributed by atoms with van der Waals surface area (Å²) in [5, 5.41) is 11.7. The molecule has 1 N–H and O–H groups in total. The molecule has 0 aliphatic carbocycles. The summed E-state index contributed by atoms with van der Waals surface area (Å²) in [6.45, 7) is 2.08. The summed E-state index contributed by atoms with van der Waals surface area (Å²) in [7, 11) is 0. The first-order chi connectivity index (χ1) is 8.29. The largest absolute Gasteiger partial charge is 0.411 e. The van der Waals surface area contributed by atoms with Gasteiger partial charge in [0.1, 0.15) is 0 Å². The second kappa shape index (κ2) is 5.30. The van der Waals surface area contributed by atoms with Gasteiger partial charge in [-0.2, -0.15) is 0 Å². The van der Waals surface area contributed by atoms with Crippen molar-refractivity contribution < 1.29 is 5.21 Å². The van der Waals surface area contributed by atoms with Crippen molar-refractivity contribution >= 4 is 6.21 Å². The molecule has 2 heteroatoms. The fourth-order valence-electron chi connectivity index (χ4n) is 1.81. The lowest BCUT2D eigenvalue weighted by Crippen LogP contribution is -1.94. The lowest BCUT2D eigenvalue weighted by Gasteiger charge is -2.05. The Balaban J connectivity index is 2.26. The molecule has 0 aliphatic heterocycles. The summed E-state index contributed by atoms with van der Waals surface area (Å²) < 4.78 is 0. The highest BCUT2D eigenvalue weighted by atomic mass is 16.4. The van der Waals surface area contributed by atoms with Crippen molar-refractivity contribution in [3.63, 3.8) is 0 Å². The minimum atomic E-state index is 0.850. The molecule has 0 saturated heterocycles. The molecule has 0 aliphatic rings. The van der Waals surface area contributed by atoms with Crippen LogP contribution in [0.4, 0.5) is 0 Å². The summed E-state index contributed by atoms with van der Waals surface area (Å²) in [5.74, 6) is 0. The van der Waals surface area contributed by atoms with Crippen molar-refractivity contribution in [3.8, 4) is 0 Å². The Bertz CT molecular complexity index is 515. The van der Waals surface area contributed by atoms with Crippen LogP contribution in [0.25, 0.3) is 0 Å². The van der Waals surface area contributed by atoms with E-state index >= 15 is 0 Å². The lowest BCUT2D eigenvalue weighted by molar-refractivity contribution is 0.322. The van der Waals surface area contributed by atoms with Crippen molar-refractivity contribution in [2.45, 2.75) is 13.3 Å². The zero-order chi connectivity index (χ0) is 12.1. The van der Waals surface area contributed by atoms with Crippen molar-refractivity contribution in [1.82, 2.24) is 0 Å². The third kappa shape index (κ3) is 2.94. The van der Waals surface area contributed by atoms with Crippen LogP contribution >= 0.6 is 0 Å². The zero-order valence-corrected chi connectivity index (χ0v) is 9.80. The molecule has 0 spiro atoms. The van der Waals surface area contributed by atoms with E-state index in [9.17, 15) is 0 Å². The van der Waals surface area contributed by atoms with Crippen LogP contribution in [0.1, 0.15) is 22.3 Å². The molecule has 0 unspecified atom stereocenters. The summed E-state index contributed by atoms with van der Waals surface area (Å²) in [6.07, 6.45) is 2.33. The number of rotatable bonds is 3. The van der Waals surface area contributed by atoms with Gasteiger partial charge in [-0.1, -0.05) is 59.3 Å². The van der Waals surface area contributed by atoms with Gasteiger partial charge in [-0.15, -0.1) is 0 Å². The van der Waals surface area contributed by atoms with Gasteiger partial charge in [-0.05, 0) is 30.0 Å². The number of benzene rings is 2. The molecule has 0 amide bonds. The van der Waals surface area contributed by atoms with Gasteiger partial charge in [0.05, 0.1) is 6.21 Å². The normalized spacial score (nSPS) is 10.9. The minimum absolute atomic E-state index is 0.850. The molecule has 0 radical (unpaired) electrons. The Morgan fingerprint density at radius 1 is 1.06 bits per heavy atom. The molecule has 2 aromatic carbocycles. The highest BCUT2D eigenvalue weighted by Crippen LogP contribution is 2.13. The van der Waals surface area contributed by atoms with Gasteiger partial charge in [0.15, 0.2) is 0 Å². The van der Waals surface area contributed by atoms with Gasteiger partial charge >= 0.3 is 0 Å². The third-order valence-corrected chi connectivity index (χ3v) is 2.77. The van der Waals surface area contributed by atoms with E-state index < -0.39 is 0 Å². The van der Waals surface area contributed by atoms with Crippen LogP contribution in [-0.4, -0.2) is 11.4 Å². The summed E-state index contributed by atoms with van der Waals surface area (Å²) in [6, 6.07) is 16.4. The topological polar surface area (TPSA) is 32.6 Å². The van der Waals surface area contributed by atoms with Gasteiger partial charge in [-0.3, -0.25) is 0 Å². The smallest absolute Gasteiger partial charge is 0.0736 e. The molecule has 0 bridgehead atoms. The third-order valence-electron chi connectivity index (χ3n) is 2.77. The van der Waals surface area contributed by atoms with Crippen LogP contribution in [0.2, 0.25) is 0 Å². The summed E-state index contributed by atoms with van der Waals surface area (Å²) in [5.41, 5.74) is 4.64. The van der Waals surface area contributed by atoms with Crippen LogP contribution in [0.3, 0.4) is 0 Å². The predicted molar refractivity (Wildman–Crippen MR) is 69.8 cm³/mol. The molecular weight excluding hydrogens is 210 g/mol. The molecule has 2 nitrogen and oxygen atoms in total. The maximum Gasteiger partial charge on any atom is 0.0736 e. The van der Waals surface area contributed by atoms with Gasteiger partial charge in [0, 0.05) is 0 Å². The van der Waals surface area contributed by atoms with Gasteiger partial charge in [-0.25, -0.2) is 0 Å². The SMILES string of the molecule is Cc1ccc(Cc2ccccc2C=NO)cc1. The highest BCUT2D eigenvalue weighted by molar-refractivity contribution is 5.81. The Morgan fingerprint density at radius 3 is 2.47 bits per heavy atom. The molecule has 86 valence electrons. The molecular formula is C15H15NO. The van der Waals surface area contributed by atoms with E-state index in [0.29, 0.717) is 0 Å². The van der Waals surface area contributed by atoms with Crippen LogP contribution in [-0.2, 0) is 6.42 Å². The minimum Gasteiger partial charge on any atom is -0.411 e. The first kappa shape index (κ1) is 11.4. The lowest BCUT2D eigenvalue weighted by atomic mass is 10.00. The van der Waals surface area contributed by atoms with Crippen molar-refractivity contribution in [3.05, 3.63) is 70.8 Å². The number of oxime groups is 1. The Kier molecular flexibility index (Phi) is 3.55. The molecule has 0 fully saturated rings. The average Bonchev–Trinajstić information content (AvgIpc) is 2.35. The van der Waals surface area contributed by atoms with E-state index in [1.165, 1.54) is 17.3 Å². The second-order valence-electron chi connectivity index (χ2n) is 4.11. The Hall–Kier alpha value is -2.09. The van der Waals surface area contributed by atoms with Crippen LogP contribution in [0, 0.1) is 6.92 Å². The van der Waals surface area contributed by atoms with Crippen LogP contribution in [0.15, 0.2) is 53.7 Å². The van der Waals surface area contributed by atoms with Crippen LogP contribution < -0.4 is 0 Å². The van der Waals surface area contributed by atoms with E-state index in [-0.39, 0.29) is 0 Å². The van der Waals surface area contributed by atoms with Crippen molar-refractivity contribution in [2.24, 2.45) is 5.16 Å². The standard InChI is InChI=1S/C15H15NO/c1-12-6-8-13(9-7-12)10-14-4-2-3-5-15(14)11-16-17/h2-9,11,17H,10H2,1H3. The van der Waals surface area contributed by atoms with Gasteiger partial charge in [0.2, 0.25) is 0 Å². The maximum absolute atomic E-state index is 8.62. The molecule has 0 aromatic heterocycles. The maximum atomic E-state index is 8.62. The van der Waals surface area contributed by atoms with E-state index in [0.717, 1.165) is 17.5 Å². The van der Waals surface area contributed by atoms with Crippen molar-refractivity contribution in [1.29, 1.82) is 0 Å². The van der Waals surface area contributed by atoms with E-state index in [2.05, 4.69) is 42.4 Å². The Morgan fingerprint density at radius 2 is 1.76 bits per heavy atom. The van der Waals surface area contributed by atoms with E-state index in [1.54, 1.807) is 0 Å². The van der Waals surface area contributed by atoms with Crippen LogP contribution in [0.5, 0.6) is 0 Å². The predicted octanol–water partition coefficient (Wildman–Crippen LogP) is 3.39. The van der Waals surface area contributed by atoms with Gasteiger partial charge < -0.3 is 5.21 Å². The second-order valence-corrected chi connectivity index (χ2v) is 4.11. The van der Waals surface area contributed by atoms with E-state index in [4.69, 9.17) is 5.21 Å². The summed E-state index contributed by atoms with van der Waals surface area (Å²) >= 11 is 0. The number of nitrogens with zero attached hydrogens (tertiary/aromatic N) is 1. The monoisotopic (exact) mass is 225 g/mol. The fraction of sp³-hybridized carbons (Fsp3) is 0.133. The first-order valence-electron chi connectivity index (χ1n) is 5.60. The number of hydrogen-bond acceptors (Lipinski definition) is 2. The number of hydrogen-bond donors (Lipinski definition) is 1. The summed E-state index contributed by atoms with van der Waals surface area (Å²) in [4.78, 5) is 0. The number of aryl methyl sites for hydroxylation is 1. The molecule has 2 aromatic rings. The van der Waals surface area contributed by atoms with E-state index in [1.807, 2.05) is 18.2 Å². The Labute approximate surface area is 101 Å². The first-order valence-corrected chi connectivity index (χ1v) is 5.60. The molecule has 17 heavy (non-hydrogen) atoms. The fourth-order valence-corrected chi connectivity index (χ4v) is 1.81. The molecule has 0 heterocycles. The quantitative estimate of drug-likeness (QED) is 0.484. The molecule has 2 rings (SSSR count). The molecule has 0 saturated carbocycles. The zero-order valence-electron chi connectivity index (χ0n) is 9.80. The highest BCUT2D eigenvalue weighted by Gasteiger charge is 2.01.